The Bertz CT molecular complexity index is 186. The normalized spacial score (nSPS) is 13.7. The molecule has 0 nitrogen and oxygen atoms in total. The van der Waals surface area contributed by atoms with Crippen molar-refractivity contribution in [3.63, 3.8) is 0 Å². The summed E-state index contributed by atoms with van der Waals surface area (Å²) >= 11 is 0. The molecule has 0 aromatic rings. The highest BCUT2D eigenvalue weighted by Crippen LogP contribution is 2.35. The van der Waals surface area contributed by atoms with Gasteiger partial charge in [0.1, 0.15) is 0 Å². The zero-order valence-corrected chi connectivity index (χ0v) is 15.3. The molecule has 0 saturated heterocycles. The molecule has 0 saturated carbocycles. The summed E-state index contributed by atoms with van der Waals surface area (Å²) in [6.45, 7) is 9.46. The highest BCUT2D eigenvalue weighted by Gasteiger charge is 2.24. The van der Waals surface area contributed by atoms with Crippen LogP contribution >= 0.6 is 9.24 Å². The molecule has 0 amide bonds. The van der Waals surface area contributed by atoms with Gasteiger partial charge in [-0.15, -0.1) is 9.24 Å². The predicted octanol–water partition coefficient (Wildman–Crippen LogP) is 6.98. The quantitative estimate of drug-likeness (QED) is 0.253. The van der Waals surface area contributed by atoms with Crippen molar-refractivity contribution in [3.05, 3.63) is 0 Å². The average Bonchev–Trinajstić information content (AvgIpc) is 2.36. The van der Waals surface area contributed by atoms with Crippen LogP contribution < -0.4 is 0 Å². The zero-order valence-electron chi connectivity index (χ0n) is 14.1. The second-order valence-corrected chi connectivity index (χ2v) is 7.77. The van der Waals surface area contributed by atoms with Gasteiger partial charge in [-0.2, -0.15) is 0 Å². The minimum atomic E-state index is 0.513. The summed E-state index contributed by atoms with van der Waals surface area (Å²) in [7, 11) is 3.10. The Labute approximate surface area is 125 Å². The van der Waals surface area contributed by atoms with Crippen LogP contribution in [0, 0.1) is 5.41 Å². The summed E-state index contributed by atoms with van der Waals surface area (Å²) in [6.07, 6.45) is 17.0. The first-order valence-electron chi connectivity index (χ1n) is 8.80. The molecule has 0 rings (SSSR count). The van der Waals surface area contributed by atoms with Crippen LogP contribution in [0.4, 0.5) is 0 Å². The molecule has 0 heterocycles. The van der Waals surface area contributed by atoms with E-state index in [2.05, 4.69) is 36.9 Å². The van der Waals surface area contributed by atoms with E-state index in [-0.39, 0.29) is 0 Å². The van der Waals surface area contributed by atoms with Gasteiger partial charge in [-0.25, -0.2) is 0 Å². The van der Waals surface area contributed by atoms with Crippen LogP contribution in [0.1, 0.15) is 105 Å². The first-order valence-corrected chi connectivity index (χ1v) is 9.46. The monoisotopic (exact) mass is 286 g/mol. The van der Waals surface area contributed by atoms with Gasteiger partial charge in [0.05, 0.1) is 0 Å². The van der Waals surface area contributed by atoms with E-state index in [0.29, 0.717) is 5.41 Å². The first-order chi connectivity index (χ1) is 9.04. The fourth-order valence-corrected chi connectivity index (χ4v) is 3.30. The van der Waals surface area contributed by atoms with Gasteiger partial charge in [-0.1, -0.05) is 91.9 Å². The van der Waals surface area contributed by atoms with Crippen LogP contribution in [0.5, 0.6) is 0 Å². The molecule has 0 radical (unpaired) electrons. The molecule has 0 aromatic heterocycles. The van der Waals surface area contributed by atoms with Gasteiger partial charge >= 0.3 is 0 Å². The maximum absolute atomic E-state index is 3.10. The van der Waals surface area contributed by atoms with E-state index in [4.69, 9.17) is 0 Å². The van der Waals surface area contributed by atoms with Crippen LogP contribution in [0.3, 0.4) is 0 Å². The van der Waals surface area contributed by atoms with E-state index in [0.717, 1.165) is 5.66 Å². The van der Waals surface area contributed by atoms with Gasteiger partial charge in [0.15, 0.2) is 0 Å². The summed E-state index contributed by atoms with van der Waals surface area (Å²) in [6, 6.07) is 0. The standard InChI is InChI=1S/C18H39P/c1-5-7-8-9-10-11-12-13-14-15-17(19)18(3,4)16-6-2/h17H,5-16,19H2,1-4H3. The van der Waals surface area contributed by atoms with Crippen molar-refractivity contribution < 1.29 is 0 Å². The summed E-state index contributed by atoms with van der Waals surface area (Å²) in [4.78, 5) is 0. The van der Waals surface area contributed by atoms with Gasteiger partial charge in [0.2, 0.25) is 0 Å². The SMILES string of the molecule is CCCCCCCCCCCC(P)C(C)(C)CCC. The van der Waals surface area contributed by atoms with Crippen molar-refractivity contribution >= 4 is 9.24 Å². The van der Waals surface area contributed by atoms with Crippen LogP contribution in [0.15, 0.2) is 0 Å². The summed E-state index contributed by atoms with van der Waals surface area (Å²) in [5.41, 5.74) is 1.32. The molecule has 2 unspecified atom stereocenters. The predicted molar refractivity (Wildman–Crippen MR) is 94.0 cm³/mol. The fourth-order valence-electron chi connectivity index (χ4n) is 2.90. The van der Waals surface area contributed by atoms with Crippen molar-refractivity contribution in [2.24, 2.45) is 5.41 Å². The maximum atomic E-state index is 3.10. The molecule has 1 heteroatoms. The highest BCUT2D eigenvalue weighted by molar-refractivity contribution is 7.17. The Kier molecular flexibility index (Phi) is 12.5. The van der Waals surface area contributed by atoms with E-state index in [1.807, 2.05) is 0 Å². The maximum Gasteiger partial charge on any atom is -0.0213 e. The fraction of sp³-hybridized carbons (Fsp3) is 1.00. The van der Waals surface area contributed by atoms with Gasteiger partial charge in [0.25, 0.3) is 0 Å². The lowest BCUT2D eigenvalue weighted by Crippen LogP contribution is -2.23. The number of hydrogen-bond donors (Lipinski definition) is 0. The number of hydrogen-bond acceptors (Lipinski definition) is 0. The third kappa shape index (κ3) is 10.8. The van der Waals surface area contributed by atoms with Crippen LogP contribution in [0.25, 0.3) is 0 Å². The summed E-state index contributed by atoms with van der Waals surface area (Å²) < 4.78 is 0. The van der Waals surface area contributed by atoms with Crippen LogP contribution in [-0.4, -0.2) is 5.66 Å². The van der Waals surface area contributed by atoms with Crippen molar-refractivity contribution in [3.8, 4) is 0 Å². The first kappa shape index (κ1) is 19.4. The topological polar surface area (TPSA) is 0 Å². The third-order valence-corrected chi connectivity index (χ3v) is 5.75. The molecule has 0 aliphatic heterocycles. The molecule has 116 valence electrons. The molecule has 0 fully saturated rings. The third-order valence-electron chi connectivity index (χ3n) is 4.52. The van der Waals surface area contributed by atoms with Crippen LogP contribution in [-0.2, 0) is 0 Å². The van der Waals surface area contributed by atoms with Gasteiger partial charge in [-0.05, 0) is 23.9 Å². The number of rotatable bonds is 13. The molecule has 0 N–H and O–H groups in total. The van der Waals surface area contributed by atoms with E-state index < -0.39 is 0 Å². The Morgan fingerprint density at radius 3 is 1.68 bits per heavy atom. The average molecular weight is 286 g/mol. The highest BCUT2D eigenvalue weighted by atomic mass is 31.0. The minimum Gasteiger partial charge on any atom is -0.134 e. The molecule has 0 bridgehead atoms. The molecule has 0 aromatic carbocycles. The van der Waals surface area contributed by atoms with E-state index >= 15 is 0 Å². The lowest BCUT2D eigenvalue weighted by atomic mass is 9.82. The Hall–Kier alpha value is 0.430. The van der Waals surface area contributed by atoms with Crippen molar-refractivity contribution in [2.75, 3.05) is 0 Å². The molecule has 0 aliphatic rings. The van der Waals surface area contributed by atoms with Crippen LogP contribution in [0.2, 0.25) is 0 Å². The Morgan fingerprint density at radius 1 is 0.737 bits per heavy atom. The largest absolute Gasteiger partial charge is 0.134 e. The second-order valence-electron chi connectivity index (χ2n) is 6.96. The molecule has 0 aliphatic carbocycles. The van der Waals surface area contributed by atoms with Crippen molar-refractivity contribution in [1.29, 1.82) is 0 Å². The smallest absolute Gasteiger partial charge is 0.0213 e. The second kappa shape index (κ2) is 12.2. The summed E-state index contributed by atoms with van der Waals surface area (Å²) in [5, 5.41) is 0. The summed E-state index contributed by atoms with van der Waals surface area (Å²) in [5.74, 6) is 0. The minimum absolute atomic E-state index is 0.513. The Morgan fingerprint density at radius 2 is 1.21 bits per heavy atom. The molecule has 2 atom stereocenters. The molecule has 19 heavy (non-hydrogen) atoms. The lowest BCUT2D eigenvalue weighted by Gasteiger charge is -2.31. The lowest BCUT2D eigenvalue weighted by molar-refractivity contribution is 0.302. The molecular formula is C18H39P. The van der Waals surface area contributed by atoms with Gasteiger partial charge in [0, 0.05) is 0 Å². The zero-order chi connectivity index (χ0) is 14.6. The van der Waals surface area contributed by atoms with E-state index in [1.165, 1.54) is 77.0 Å². The van der Waals surface area contributed by atoms with E-state index in [1.54, 1.807) is 0 Å². The molecular weight excluding hydrogens is 247 g/mol. The van der Waals surface area contributed by atoms with Crippen molar-refractivity contribution in [2.45, 2.75) is 110 Å². The van der Waals surface area contributed by atoms with Gasteiger partial charge in [-0.3, -0.25) is 0 Å². The van der Waals surface area contributed by atoms with Crippen molar-refractivity contribution in [1.82, 2.24) is 0 Å². The molecule has 0 spiro atoms. The Balaban J connectivity index is 3.39. The van der Waals surface area contributed by atoms with Gasteiger partial charge < -0.3 is 0 Å². The van der Waals surface area contributed by atoms with E-state index in [9.17, 15) is 0 Å². The number of unbranched alkanes of at least 4 members (excludes halogenated alkanes) is 8.